The van der Waals surface area contributed by atoms with Gasteiger partial charge in [-0.1, -0.05) is 29.8 Å². The van der Waals surface area contributed by atoms with Gasteiger partial charge in [0.25, 0.3) is 5.91 Å². The van der Waals surface area contributed by atoms with Gasteiger partial charge in [0.15, 0.2) is 5.69 Å². The van der Waals surface area contributed by atoms with E-state index in [1.54, 1.807) is 7.11 Å². The maximum atomic E-state index is 13.0. The van der Waals surface area contributed by atoms with Gasteiger partial charge in [-0.2, -0.15) is 5.10 Å². The van der Waals surface area contributed by atoms with Crippen LogP contribution in [0.4, 0.5) is 5.69 Å². The van der Waals surface area contributed by atoms with E-state index in [0.29, 0.717) is 5.69 Å². The van der Waals surface area contributed by atoms with Gasteiger partial charge in [0.2, 0.25) is 0 Å². The summed E-state index contributed by atoms with van der Waals surface area (Å²) in [5.74, 6) is 0.680. The number of benzene rings is 2. The lowest BCUT2D eigenvalue weighted by molar-refractivity contribution is 0.0988. The third-order valence-corrected chi connectivity index (χ3v) is 4.67. The normalized spacial score (nSPS) is 16.2. The molecule has 2 heterocycles. The number of ether oxygens (including phenoxy) is 1. The molecule has 0 radical (unpaired) electrons. The van der Waals surface area contributed by atoms with Crippen molar-refractivity contribution in [2.45, 2.75) is 19.9 Å². The van der Waals surface area contributed by atoms with Crippen LogP contribution in [0.3, 0.4) is 0 Å². The average Bonchev–Trinajstić information content (AvgIpc) is 3.14. The van der Waals surface area contributed by atoms with Gasteiger partial charge in [0.05, 0.1) is 13.2 Å². The first kappa shape index (κ1) is 15.4. The van der Waals surface area contributed by atoms with E-state index in [0.717, 1.165) is 33.8 Å². The number of aromatic amines is 1. The molecular formula is C20H19N3O2. The van der Waals surface area contributed by atoms with Crippen LogP contribution in [0.15, 0.2) is 48.5 Å². The van der Waals surface area contributed by atoms with Gasteiger partial charge >= 0.3 is 0 Å². The SMILES string of the molecule is COc1cccc([C@@H]2c3c(n[nH]c3C)C(=O)N2c2ccc(C)cc2)c1. The number of nitrogens with zero attached hydrogens (tertiary/aromatic N) is 2. The maximum Gasteiger partial charge on any atom is 0.279 e. The zero-order chi connectivity index (χ0) is 17.6. The molecule has 5 heteroatoms. The molecule has 5 nitrogen and oxygen atoms in total. The van der Waals surface area contributed by atoms with Crippen molar-refractivity contribution in [3.63, 3.8) is 0 Å². The zero-order valence-corrected chi connectivity index (χ0v) is 14.4. The van der Waals surface area contributed by atoms with Crippen LogP contribution in [-0.4, -0.2) is 23.2 Å². The molecule has 0 bridgehead atoms. The lowest BCUT2D eigenvalue weighted by Crippen LogP contribution is -2.29. The number of methoxy groups -OCH3 is 1. The van der Waals surface area contributed by atoms with Crippen molar-refractivity contribution < 1.29 is 9.53 Å². The minimum Gasteiger partial charge on any atom is -0.497 e. The number of hydrogen-bond acceptors (Lipinski definition) is 3. The number of amides is 1. The van der Waals surface area contributed by atoms with E-state index in [9.17, 15) is 4.79 Å². The Hall–Kier alpha value is -3.08. The molecule has 0 saturated carbocycles. The Kier molecular flexibility index (Phi) is 3.57. The van der Waals surface area contributed by atoms with Crippen molar-refractivity contribution in [3.8, 4) is 5.75 Å². The molecule has 0 fully saturated rings. The largest absolute Gasteiger partial charge is 0.497 e. The van der Waals surface area contributed by atoms with Crippen molar-refractivity contribution in [3.05, 3.63) is 76.6 Å². The van der Waals surface area contributed by atoms with E-state index in [2.05, 4.69) is 10.2 Å². The zero-order valence-electron chi connectivity index (χ0n) is 14.4. The maximum absolute atomic E-state index is 13.0. The van der Waals surface area contributed by atoms with Crippen molar-refractivity contribution >= 4 is 11.6 Å². The van der Waals surface area contributed by atoms with Crippen LogP contribution in [-0.2, 0) is 0 Å². The van der Waals surface area contributed by atoms with E-state index >= 15 is 0 Å². The van der Waals surface area contributed by atoms with Crippen molar-refractivity contribution in [1.82, 2.24) is 10.2 Å². The van der Waals surface area contributed by atoms with Crippen LogP contribution in [0.2, 0.25) is 0 Å². The summed E-state index contributed by atoms with van der Waals surface area (Å²) in [6.45, 7) is 3.98. The van der Waals surface area contributed by atoms with Crippen LogP contribution in [0.5, 0.6) is 5.75 Å². The summed E-state index contributed by atoms with van der Waals surface area (Å²) < 4.78 is 5.37. The predicted octanol–water partition coefficient (Wildman–Crippen LogP) is 3.78. The summed E-state index contributed by atoms with van der Waals surface area (Å²) in [7, 11) is 1.64. The molecular weight excluding hydrogens is 314 g/mol. The number of hydrogen-bond donors (Lipinski definition) is 1. The summed E-state index contributed by atoms with van der Waals surface area (Å²) in [6, 6.07) is 15.6. The molecule has 1 aliphatic rings. The average molecular weight is 333 g/mol. The lowest BCUT2D eigenvalue weighted by atomic mass is 9.98. The predicted molar refractivity (Wildman–Crippen MR) is 96.2 cm³/mol. The van der Waals surface area contributed by atoms with E-state index in [1.165, 1.54) is 0 Å². The smallest absolute Gasteiger partial charge is 0.279 e. The molecule has 1 amide bonds. The lowest BCUT2D eigenvalue weighted by Gasteiger charge is -2.26. The standard InChI is InChI=1S/C20H19N3O2/c1-12-7-9-15(10-8-12)23-19(14-5-4-6-16(11-14)25-3)17-13(2)21-22-18(17)20(23)24/h4-11,19H,1-3H3,(H,21,22)/t19-/m1/s1. The number of nitrogens with one attached hydrogen (secondary N) is 1. The van der Waals surface area contributed by atoms with Crippen LogP contribution in [0.25, 0.3) is 0 Å². The number of aryl methyl sites for hydroxylation is 2. The minimum absolute atomic E-state index is 0.0870. The summed E-state index contributed by atoms with van der Waals surface area (Å²) in [5.41, 5.74) is 5.34. The highest BCUT2D eigenvalue weighted by Gasteiger charge is 2.42. The number of rotatable bonds is 3. The molecule has 0 unspecified atom stereocenters. The van der Waals surface area contributed by atoms with Crippen molar-refractivity contribution in [1.29, 1.82) is 0 Å². The van der Waals surface area contributed by atoms with Crippen molar-refractivity contribution in [2.24, 2.45) is 0 Å². The van der Waals surface area contributed by atoms with Crippen LogP contribution in [0, 0.1) is 13.8 Å². The Morgan fingerprint density at radius 3 is 2.60 bits per heavy atom. The summed E-state index contributed by atoms with van der Waals surface area (Å²) in [5, 5.41) is 7.19. The molecule has 4 rings (SSSR count). The van der Waals surface area contributed by atoms with Gasteiger partial charge in [0, 0.05) is 16.9 Å². The van der Waals surface area contributed by atoms with Crippen LogP contribution in [0.1, 0.15) is 38.9 Å². The van der Waals surface area contributed by atoms with E-state index in [-0.39, 0.29) is 11.9 Å². The fraction of sp³-hybridized carbons (Fsp3) is 0.200. The second-order valence-electron chi connectivity index (χ2n) is 6.30. The molecule has 2 aromatic carbocycles. The molecule has 1 atom stereocenters. The molecule has 0 aliphatic carbocycles. The number of carbonyl (C=O) groups is 1. The minimum atomic E-state index is -0.223. The Balaban J connectivity index is 1.90. The van der Waals surface area contributed by atoms with Gasteiger partial charge in [-0.3, -0.25) is 14.8 Å². The Morgan fingerprint density at radius 2 is 1.88 bits per heavy atom. The Bertz CT molecular complexity index is 944. The van der Waals surface area contributed by atoms with E-state index in [1.807, 2.05) is 67.3 Å². The Labute approximate surface area is 146 Å². The second-order valence-corrected chi connectivity index (χ2v) is 6.30. The number of fused-ring (bicyclic) bond motifs is 1. The molecule has 25 heavy (non-hydrogen) atoms. The molecule has 0 spiro atoms. The van der Waals surface area contributed by atoms with Gasteiger partial charge in [-0.25, -0.2) is 0 Å². The highest BCUT2D eigenvalue weighted by molar-refractivity contribution is 6.10. The topological polar surface area (TPSA) is 58.2 Å². The first-order valence-corrected chi connectivity index (χ1v) is 8.19. The van der Waals surface area contributed by atoms with E-state index < -0.39 is 0 Å². The number of carbonyl (C=O) groups excluding carboxylic acids is 1. The quantitative estimate of drug-likeness (QED) is 0.793. The number of aromatic nitrogens is 2. The van der Waals surface area contributed by atoms with E-state index in [4.69, 9.17) is 4.74 Å². The van der Waals surface area contributed by atoms with Gasteiger partial charge in [0.1, 0.15) is 5.75 Å². The highest BCUT2D eigenvalue weighted by atomic mass is 16.5. The number of anilines is 1. The van der Waals surface area contributed by atoms with Crippen molar-refractivity contribution in [2.75, 3.05) is 12.0 Å². The molecule has 126 valence electrons. The highest BCUT2D eigenvalue weighted by Crippen LogP contribution is 2.42. The Morgan fingerprint density at radius 1 is 1.12 bits per heavy atom. The molecule has 0 saturated heterocycles. The number of H-pyrrole nitrogens is 1. The molecule has 1 N–H and O–H groups in total. The van der Waals surface area contributed by atoms with Gasteiger partial charge in [-0.15, -0.1) is 0 Å². The first-order valence-electron chi connectivity index (χ1n) is 8.19. The first-order chi connectivity index (χ1) is 12.1. The monoisotopic (exact) mass is 333 g/mol. The summed E-state index contributed by atoms with van der Waals surface area (Å²) >= 11 is 0. The van der Waals surface area contributed by atoms with Gasteiger partial charge in [-0.05, 0) is 43.7 Å². The molecule has 3 aromatic rings. The molecule has 1 aliphatic heterocycles. The fourth-order valence-corrected chi connectivity index (χ4v) is 3.39. The second kappa shape index (κ2) is 5.77. The summed E-state index contributed by atoms with van der Waals surface area (Å²) in [6.07, 6.45) is 0. The van der Waals surface area contributed by atoms with Gasteiger partial charge < -0.3 is 4.74 Å². The third kappa shape index (κ3) is 2.39. The summed E-state index contributed by atoms with van der Waals surface area (Å²) in [4.78, 5) is 14.9. The molecule has 1 aromatic heterocycles. The van der Waals surface area contributed by atoms with Crippen LogP contribution < -0.4 is 9.64 Å². The third-order valence-electron chi connectivity index (χ3n) is 4.67. The fourth-order valence-electron chi connectivity index (χ4n) is 3.39. The van der Waals surface area contributed by atoms with Crippen LogP contribution >= 0.6 is 0 Å².